The summed E-state index contributed by atoms with van der Waals surface area (Å²) >= 11 is 0. The van der Waals surface area contributed by atoms with Crippen LogP contribution in [0.2, 0.25) is 0 Å². The summed E-state index contributed by atoms with van der Waals surface area (Å²) in [5.74, 6) is 1.25. The highest BCUT2D eigenvalue weighted by Gasteiger charge is 2.08. The highest BCUT2D eigenvalue weighted by Crippen LogP contribution is 2.09. The molecule has 3 rings (SSSR count). The van der Waals surface area contributed by atoms with Gasteiger partial charge in [-0.15, -0.1) is 0 Å². The normalized spacial score (nSPS) is 10.5. The van der Waals surface area contributed by atoms with E-state index in [1.54, 1.807) is 6.07 Å². The van der Waals surface area contributed by atoms with Gasteiger partial charge in [0.05, 0.1) is 6.54 Å². The third-order valence-corrected chi connectivity index (χ3v) is 2.50. The quantitative estimate of drug-likeness (QED) is 0.667. The van der Waals surface area contributed by atoms with Crippen molar-refractivity contribution in [3.05, 3.63) is 30.7 Å². The van der Waals surface area contributed by atoms with Crippen LogP contribution in [-0.4, -0.2) is 41.4 Å². The van der Waals surface area contributed by atoms with Gasteiger partial charge in [-0.05, 0) is 6.92 Å². The Kier molecular flexibility index (Phi) is 3.67. The lowest BCUT2D eigenvalue weighted by Crippen LogP contribution is -2.12. The SMILES string of the molecule is CCNc1nc(NCc2ccon2)nc(-n2cncn2)n1. The van der Waals surface area contributed by atoms with Crippen molar-refractivity contribution >= 4 is 11.9 Å². The minimum Gasteiger partial charge on any atom is -0.364 e. The molecule has 10 nitrogen and oxygen atoms in total. The number of hydrogen-bond donors (Lipinski definition) is 2. The van der Waals surface area contributed by atoms with Crippen molar-refractivity contribution in [2.75, 3.05) is 17.2 Å². The van der Waals surface area contributed by atoms with Gasteiger partial charge in [0.2, 0.25) is 11.9 Å². The second-order valence-electron chi connectivity index (χ2n) is 4.00. The van der Waals surface area contributed by atoms with Crippen LogP contribution >= 0.6 is 0 Å². The van der Waals surface area contributed by atoms with Crippen LogP contribution in [0.4, 0.5) is 11.9 Å². The minimum absolute atomic E-state index is 0.376. The molecule has 0 saturated heterocycles. The van der Waals surface area contributed by atoms with Crippen LogP contribution in [0.5, 0.6) is 0 Å². The Balaban J connectivity index is 1.84. The van der Waals surface area contributed by atoms with E-state index < -0.39 is 0 Å². The summed E-state index contributed by atoms with van der Waals surface area (Å²) in [5.41, 5.74) is 0.753. The molecule has 2 N–H and O–H groups in total. The number of anilines is 2. The average molecular weight is 287 g/mol. The zero-order valence-electron chi connectivity index (χ0n) is 11.3. The molecular formula is C11H13N9O. The van der Waals surface area contributed by atoms with Crippen LogP contribution in [-0.2, 0) is 6.54 Å². The lowest BCUT2D eigenvalue weighted by Gasteiger charge is -2.08. The molecule has 0 aliphatic heterocycles. The highest BCUT2D eigenvalue weighted by atomic mass is 16.5. The van der Waals surface area contributed by atoms with E-state index in [1.165, 1.54) is 23.6 Å². The minimum atomic E-state index is 0.376. The van der Waals surface area contributed by atoms with Crippen molar-refractivity contribution in [2.24, 2.45) is 0 Å². The van der Waals surface area contributed by atoms with Crippen LogP contribution < -0.4 is 10.6 Å². The van der Waals surface area contributed by atoms with Gasteiger partial charge in [0.1, 0.15) is 24.6 Å². The second-order valence-corrected chi connectivity index (χ2v) is 4.00. The van der Waals surface area contributed by atoms with Crippen molar-refractivity contribution in [1.82, 2.24) is 34.9 Å². The summed E-state index contributed by atoms with van der Waals surface area (Å²) in [7, 11) is 0. The van der Waals surface area contributed by atoms with E-state index in [4.69, 9.17) is 4.52 Å². The van der Waals surface area contributed by atoms with Gasteiger partial charge in [-0.3, -0.25) is 0 Å². The lowest BCUT2D eigenvalue weighted by atomic mass is 10.4. The van der Waals surface area contributed by atoms with E-state index in [0.29, 0.717) is 30.9 Å². The van der Waals surface area contributed by atoms with Gasteiger partial charge >= 0.3 is 0 Å². The summed E-state index contributed by atoms with van der Waals surface area (Å²) < 4.78 is 6.23. The van der Waals surface area contributed by atoms with Crippen molar-refractivity contribution in [1.29, 1.82) is 0 Å². The van der Waals surface area contributed by atoms with Gasteiger partial charge in [-0.25, -0.2) is 4.98 Å². The van der Waals surface area contributed by atoms with Crippen molar-refractivity contribution in [2.45, 2.75) is 13.5 Å². The fourth-order valence-electron chi connectivity index (χ4n) is 1.59. The Labute approximate surface area is 119 Å². The predicted molar refractivity (Wildman–Crippen MR) is 72.7 cm³/mol. The maximum Gasteiger partial charge on any atom is 0.258 e. The Bertz CT molecular complexity index is 680. The van der Waals surface area contributed by atoms with E-state index in [9.17, 15) is 0 Å². The first-order valence-electron chi connectivity index (χ1n) is 6.33. The molecule has 3 heterocycles. The molecule has 0 fully saturated rings. The topological polar surface area (TPSA) is 119 Å². The summed E-state index contributed by atoms with van der Waals surface area (Å²) in [6.45, 7) is 3.10. The molecule has 0 spiro atoms. The Hall–Kier alpha value is -3.04. The van der Waals surface area contributed by atoms with Gasteiger partial charge in [0.25, 0.3) is 5.95 Å². The summed E-state index contributed by atoms with van der Waals surface area (Å²) in [6, 6.07) is 1.76. The first kappa shape index (κ1) is 13.0. The van der Waals surface area contributed by atoms with Gasteiger partial charge in [0, 0.05) is 12.6 Å². The maximum atomic E-state index is 4.77. The van der Waals surface area contributed by atoms with Crippen LogP contribution in [0, 0.1) is 0 Å². The molecule has 108 valence electrons. The molecule has 0 bridgehead atoms. The number of rotatable bonds is 6. The maximum absolute atomic E-state index is 4.77. The van der Waals surface area contributed by atoms with E-state index in [0.717, 1.165) is 5.69 Å². The fourth-order valence-corrected chi connectivity index (χ4v) is 1.59. The van der Waals surface area contributed by atoms with E-state index in [-0.39, 0.29) is 0 Å². The van der Waals surface area contributed by atoms with Crippen LogP contribution in [0.3, 0.4) is 0 Å². The first-order chi connectivity index (χ1) is 10.3. The number of hydrogen-bond acceptors (Lipinski definition) is 9. The molecule has 0 aliphatic carbocycles. The third-order valence-electron chi connectivity index (χ3n) is 2.50. The van der Waals surface area contributed by atoms with Gasteiger partial charge in [-0.1, -0.05) is 5.16 Å². The predicted octanol–water partition coefficient (Wildman–Crippen LogP) is 0.484. The molecule has 0 amide bonds. The van der Waals surface area contributed by atoms with E-state index in [2.05, 4.69) is 40.8 Å². The van der Waals surface area contributed by atoms with Gasteiger partial charge < -0.3 is 15.2 Å². The summed E-state index contributed by atoms with van der Waals surface area (Å²) in [5, 5.41) is 13.9. The Morgan fingerprint density at radius 3 is 2.71 bits per heavy atom. The van der Waals surface area contributed by atoms with Gasteiger partial charge in [0.15, 0.2) is 0 Å². The summed E-state index contributed by atoms with van der Waals surface area (Å²) in [6.07, 6.45) is 4.45. The number of nitrogens with zero attached hydrogens (tertiary/aromatic N) is 7. The molecule has 10 heteroatoms. The van der Waals surface area contributed by atoms with Gasteiger partial charge in [-0.2, -0.15) is 24.7 Å². The highest BCUT2D eigenvalue weighted by molar-refractivity contribution is 5.37. The summed E-state index contributed by atoms with van der Waals surface area (Å²) in [4.78, 5) is 16.7. The zero-order valence-corrected chi connectivity index (χ0v) is 11.3. The molecular weight excluding hydrogens is 274 g/mol. The molecule has 0 aromatic carbocycles. The Morgan fingerprint density at radius 2 is 2.05 bits per heavy atom. The van der Waals surface area contributed by atoms with Crippen LogP contribution in [0.25, 0.3) is 5.95 Å². The first-order valence-corrected chi connectivity index (χ1v) is 6.33. The monoisotopic (exact) mass is 287 g/mol. The van der Waals surface area contributed by atoms with Crippen molar-refractivity contribution in [3.63, 3.8) is 0 Å². The Morgan fingerprint density at radius 1 is 1.19 bits per heavy atom. The lowest BCUT2D eigenvalue weighted by molar-refractivity contribution is 0.412. The van der Waals surface area contributed by atoms with Crippen molar-refractivity contribution in [3.8, 4) is 5.95 Å². The molecule has 0 unspecified atom stereocenters. The van der Waals surface area contributed by atoms with Crippen molar-refractivity contribution < 1.29 is 4.52 Å². The molecule has 3 aromatic heterocycles. The van der Waals surface area contributed by atoms with E-state index >= 15 is 0 Å². The average Bonchev–Trinajstić information content (AvgIpc) is 3.19. The molecule has 0 radical (unpaired) electrons. The van der Waals surface area contributed by atoms with Crippen LogP contribution in [0.15, 0.2) is 29.5 Å². The molecule has 0 atom stereocenters. The van der Waals surface area contributed by atoms with E-state index in [1.807, 2.05) is 6.92 Å². The largest absolute Gasteiger partial charge is 0.364 e. The zero-order chi connectivity index (χ0) is 14.5. The standard InChI is InChI=1S/C11H13N9O/c1-2-13-9-16-10(14-5-8-3-4-21-19-8)18-11(17-9)20-7-12-6-15-20/h3-4,6-7H,2,5H2,1H3,(H2,13,14,16,17,18). The molecule has 0 saturated carbocycles. The number of aromatic nitrogens is 7. The second kappa shape index (κ2) is 5.94. The molecule has 21 heavy (non-hydrogen) atoms. The number of nitrogens with one attached hydrogen (secondary N) is 2. The van der Waals surface area contributed by atoms with Crippen LogP contribution in [0.1, 0.15) is 12.6 Å². The molecule has 0 aliphatic rings. The smallest absolute Gasteiger partial charge is 0.258 e. The third kappa shape index (κ3) is 3.11. The fraction of sp³-hybridized carbons (Fsp3) is 0.273. The molecule has 3 aromatic rings.